The Bertz CT molecular complexity index is 1360. The quantitative estimate of drug-likeness (QED) is 0.412. The molecule has 2 heterocycles. The summed E-state index contributed by atoms with van der Waals surface area (Å²) in [4.78, 5) is 20.3. The summed E-state index contributed by atoms with van der Waals surface area (Å²) in [7, 11) is -2.45. The summed E-state index contributed by atoms with van der Waals surface area (Å²) < 4.78 is 47.4. The fourth-order valence-corrected chi connectivity index (χ4v) is 4.19. The minimum Gasteiger partial charge on any atom is -0.453 e. The Labute approximate surface area is 214 Å². The highest BCUT2D eigenvalue weighted by Gasteiger charge is 2.22. The van der Waals surface area contributed by atoms with E-state index in [9.17, 15) is 13.2 Å². The number of halogens is 2. The molecule has 0 saturated carbocycles. The molecule has 3 aromatic rings. The van der Waals surface area contributed by atoms with Crippen molar-refractivity contribution in [1.29, 1.82) is 0 Å². The number of aromatic nitrogens is 4. The summed E-state index contributed by atoms with van der Waals surface area (Å²) >= 11 is 6.21. The summed E-state index contributed by atoms with van der Waals surface area (Å²) in [5.41, 5.74) is 1.04. The average molecular weight is 539 g/mol. The molecule has 13 heteroatoms. The largest absolute Gasteiger partial charge is 0.453 e. The standard InChI is InChI=1S/C23H28ClFN6O4S/c1-13(2)31-12-17(18-8-9-26-20(28-18)7-6-14(3)27-23(32)35-4)22(29-31)16-10-15(24)11-19(21(16)25)30-36(5,33)34/h8-14,30H,6-7H2,1-5H3,(H,27,32)/t14-/m0/s1. The van der Waals surface area contributed by atoms with Crippen LogP contribution >= 0.6 is 11.6 Å². The Morgan fingerprint density at radius 2 is 1.97 bits per heavy atom. The monoisotopic (exact) mass is 538 g/mol. The number of nitrogens with zero attached hydrogens (tertiary/aromatic N) is 4. The Kier molecular flexibility index (Phi) is 8.51. The lowest BCUT2D eigenvalue weighted by Crippen LogP contribution is -2.32. The Morgan fingerprint density at radius 1 is 1.25 bits per heavy atom. The highest BCUT2D eigenvalue weighted by atomic mass is 35.5. The van der Waals surface area contributed by atoms with Crippen molar-refractivity contribution in [2.45, 2.75) is 45.7 Å². The Hall–Kier alpha value is -3.25. The number of benzene rings is 1. The van der Waals surface area contributed by atoms with Crippen molar-refractivity contribution >= 4 is 33.4 Å². The van der Waals surface area contributed by atoms with E-state index in [4.69, 9.17) is 11.6 Å². The zero-order valence-corrected chi connectivity index (χ0v) is 22.1. The van der Waals surface area contributed by atoms with Gasteiger partial charge < -0.3 is 10.1 Å². The number of methoxy groups -OCH3 is 1. The minimum absolute atomic E-state index is 0.0270. The predicted molar refractivity (Wildman–Crippen MR) is 136 cm³/mol. The summed E-state index contributed by atoms with van der Waals surface area (Å²) in [6.45, 7) is 5.69. The van der Waals surface area contributed by atoms with Crippen molar-refractivity contribution in [2.24, 2.45) is 0 Å². The van der Waals surface area contributed by atoms with Crippen molar-refractivity contribution in [1.82, 2.24) is 25.1 Å². The van der Waals surface area contributed by atoms with E-state index in [1.807, 2.05) is 20.8 Å². The molecular weight excluding hydrogens is 511 g/mol. The number of hydrogen-bond donors (Lipinski definition) is 2. The van der Waals surface area contributed by atoms with Crippen LogP contribution in [0.3, 0.4) is 0 Å². The second-order valence-corrected chi connectivity index (χ2v) is 10.8. The number of carbonyl (C=O) groups excluding carboxylic acids is 1. The number of hydrogen-bond acceptors (Lipinski definition) is 7. The second kappa shape index (κ2) is 11.2. The van der Waals surface area contributed by atoms with Gasteiger partial charge in [0.2, 0.25) is 10.0 Å². The highest BCUT2D eigenvalue weighted by Crippen LogP contribution is 2.37. The molecule has 0 radical (unpaired) electrons. The highest BCUT2D eigenvalue weighted by molar-refractivity contribution is 7.92. The summed E-state index contributed by atoms with van der Waals surface area (Å²) in [5.74, 6) is -0.280. The smallest absolute Gasteiger partial charge is 0.407 e. The molecular formula is C23H28ClFN6O4S. The first kappa shape index (κ1) is 27.3. The number of alkyl carbamates (subject to hydrolysis) is 1. The van der Waals surface area contributed by atoms with Crippen LogP contribution in [0.1, 0.15) is 39.1 Å². The van der Waals surface area contributed by atoms with Crippen molar-refractivity contribution < 1.29 is 22.3 Å². The normalized spacial score (nSPS) is 12.4. The molecule has 0 spiro atoms. The van der Waals surface area contributed by atoms with Gasteiger partial charge in [-0.2, -0.15) is 5.10 Å². The van der Waals surface area contributed by atoms with Crippen molar-refractivity contribution in [3.63, 3.8) is 0 Å². The van der Waals surface area contributed by atoms with Crippen LogP contribution in [0.25, 0.3) is 22.5 Å². The molecule has 0 unspecified atom stereocenters. The molecule has 0 saturated heterocycles. The molecule has 3 rings (SSSR count). The van der Waals surface area contributed by atoms with Crippen LogP contribution in [0.2, 0.25) is 5.02 Å². The third kappa shape index (κ3) is 6.91. The van der Waals surface area contributed by atoms with E-state index in [1.54, 1.807) is 23.1 Å². The molecule has 1 aromatic carbocycles. The molecule has 10 nitrogen and oxygen atoms in total. The molecule has 1 amide bonds. The van der Waals surface area contributed by atoms with Crippen LogP contribution in [0, 0.1) is 5.82 Å². The number of rotatable bonds is 9. The van der Waals surface area contributed by atoms with Crippen LogP contribution in [0.5, 0.6) is 0 Å². The SMILES string of the molecule is COC(=O)N[C@@H](C)CCc1nccc(-c2cn(C(C)C)nc2-c2cc(Cl)cc(NS(C)(=O)=O)c2F)n1. The van der Waals surface area contributed by atoms with Gasteiger partial charge in [-0.1, -0.05) is 11.6 Å². The molecule has 0 aliphatic rings. The van der Waals surface area contributed by atoms with Crippen LogP contribution < -0.4 is 10.0 Å². The molecule has 0 fully saturated rings. The maximum Gasteiger partial charge on any atom is 0.407 e. The summed E-state index contributed by atoms with van der Waals surface area (Å²) in [6.07, 6.45) is 4.79. The van der Waals surface area contributed by atoms with Gasteiger partial charge in [0.05, 0.1) is 24.7 Å². The Balaban J connectivity index is 2.03. The first-order valence-electron chi connectivity index (χ1n) is 11.1. The molecule has 0 aliphatic heterocycles. The fourth-order valence-electron chi connectivity index (χ4n) is 3.43. The van der Waals surface area contributed by atoms with E-state index in [-0.39, 0.29) is 34.1 Å². The van der Waals surface area contributed by atoms with Gasteiger partial charge in [0.15, 0.2) is 5.82 Å². The zero-order valence-electron chi connectivity index (χ0n) is 20.5. The number of amides is 1. The number of anilines is 1. The van der Waals surface area contributed by atoms with Crippen LogP contribution in [-0.2, 0) is 21.2 Å². The second-order valence-electron chi connectivity index (χ2n) is 8.59. The van der Waals surface area contributed by atoms with Gasteiger partial charge in [-0.3, -0.25) is 9.40 Å². The van der Waals surface area contributed by atoms with E-state index in [1.165, 1.54) is 19.2 Å². The number of sulfonamides is 1. The maximum absolute atomic E-state index is 15.5. The molecule has 2 N–H and O–H groups in total. The van der Waals surface area contributed by atoms with Gasteiger partial charge >= 0.3 is 6.09 Å². The first-order valence-corrected chi connectivity index (χ1v) is 13.4. The molecule has 0 aliphatic carbocycles. The lowest BCUT2D eigenvalue weighted by molar-refractivity contribution is 0.167. The maximum atomic E-state index is 15.5. The molecule has 1 atom stereocenters. The number of aryl methyl sites for hydroxylation is 1. The topological polar surface area (TPSA) is 128 Å². The predicted octanol–water partition coefficient (Wildman–Crippen LogP) is 4.43. The summed E-state index contributed by atoms with van der Waals surface area (Å²) in [5, 5.41) is 7.39. The summed E-state index contributed by atoms with van der Waals surface area (Å²) in [6, 6.07) is 4.07. The van der Waals surface area contributed by atoms with E-state index in [2.05, 4.69) is 29.8 Å². The third-order valence-corrected chi connectivity index (χ3v) is 5.99. The fraction of sp³-hybridized carbons (Fsp3) is 0.391. The van der Waals surface area contributed by atoms with E-state index in [0.717, 1.165) is 6.26 Å². The van der Waals surface area contributed by atoms with Gasteiger partial charge in [-0.05, 0) is 45.4 Å². The third-order valence-electron chi connectivity index (χ3n) is 5.18. The zero-order chi connectivity index (χ0) is 26.6. The van der Waals surface area contributed by atoms with Gasteiger partial charge in [0, 0.05) is 47.0 Å². The van der Waals surface area contributed by atoms with Crippen LogP contribution in [0.4, 0.5) is 14.9 Å². The van der Waals surface area contributed by atoms with Gasteiger partial charge in [-0.25, -0.2) is 27.6 Å². The van der Waals surface area contributed by atoms with E-state index >= 15 is 4.39 Å². The van der Waals surface area contributed by atoms with Gasteiger partial charge in [0.1, 0.15) is 11.5 Å². The first-order chi connectivity index (χ1) is 16.9. The minimum atomic E-state index is -3.74. The lowest BCUT2D eigenvalue weighted by atomic mass is 10.0. The lowest BCUT2D eigenvalue weighted by Gasteiger charge is -2.12. The molecule has 36 heavy (non-hydrogen) atoms. The van der Waals surface area contributed by atoms with Crippen molar-refractivity contribution in [3.05, 3.63) is 47.3 Å². The van der Waals surface area contributed by atoms with Crippen molar-refractivity contribution in [3.8, 4) is 22.5 Å². The van der Waals surface area contributed by atoms with Gasteiger partial charge in [0.25, 0.3) is 0 Å². The van der Waals surface area contributed by atoms with E-state index in [0.29, 0.717) is 29.9 Å². The molecule has 0 bridgehead atoms. The van der Waals surface area contributed by atoms with Crippen LogP contribution in [0.15, 0.2) is 30.6 Å². The van der Waals surface area contributed by atoms with Crippen LogP contribution in [-0.4, -0.2) is 53.7 Å². The Morgan fingerprint density at radius 3 is 2.61 bits per heavy atom. The molecule has 2 aromatic heterocycles. The average Bonchev–Trinajstić information content (AvgIpc) is 3.25. The van der Waals surface area contributed by atoms with E-state index < -0.39 is 21.9 Å². The number of ether oxygens (including phenoxy) is 1. The van der Waals surface area contributed by atoms with Crippen molar-refractivity contribution in [2.75, 3.05) is 18.1 Å². The van der Waals surface area contributed by atoms with Gasteiger partial charge in [-0.15, -0.1) is 0 Å². The molecule has 194 valence electrons. The number of nitrogens with one attached hydrogen (secondary N) is 2. The number of carbonyl (C=O) groups is 1.